The number of carbonyl (C=O) groups excluding carboxylic acids is 1. The van der Waals surface area contributed by atoms with Gasteiger partial charge in [0.2, 0.25) is 5.13 Å². The smallest absolute Gasteiger partial charge is 0.258 e. The first-order chi connectivity index (χ1) is 16.2. The lowest BCUT2D eigenvalue weighted by molar-refractivity contribution is 0.102. The molecule has 5 nitrogen and oxygen atoms in total. The SMILES string of the molecule is CC(Cc1nnc(NC(=O)c2cc(-c3ccccc3)nc3ccccc23)s1)c1ccccc1. The van der Waals surface area contributed by atoms with Gasteiger partial charge in [-0.25, -0.2) is 4.98 Å². The van der Waals surface area contributed by atoms with Gasteiger partial charge >= 0.3 is 0 Å². The minimum absolute atomic E-state index is 0.218. The first-order valence-electron chi connectivity index (χ1n) is 10.8. The second kappa shape index (κ2) is 9.30. The highest BCUT2D eigenvalue weighted by Gasteiger charge is 2.17. The number of rotatable bonds is 6. The van der Waals surface area contributed by atoms with Crippen LogP contribution in [0.2, 0.25) is 0 Å². The molecule has 1 amide bonds. The molecule has 0 spiro atoms. The molecule has 6 heteroatoms. The standard InChI is InChI=1S/C27H22N4OS/c1-18(19-10-4-2-5-11-19)16-25-30-31-27(33-25)29-26(32)22-17-24(20-12-6-3-7-13-20)28-23-15-9-8-14-21(22)23/h2-15,17-18H,16H2,1H3,(H,29,31,32). The van der Waals surface area contributed by atoms with E-state index in [-0.39, 0.29) is 5.91 Å². The maximum Gasteiger partial charge on any atom is 0.258 e. The molecule has 1 N–H and O–H groups in total. The van der Waals surface area contributed by atoms with E-state index < -0.39 is 0 Å². The Balaban J connectivity index is 1.40. The van der Waals surface area contributed by atoms with E-state index in [1.807, 2.05) is 78.9 Å². The van der Waals surface area contributed by atoms with E-state index in [1.165, 1.54) is 16.9 Å². The molecule has 162 valence electrons. The van der Waals surface area contributed by atoms with Crippen molar-refractivity contribution in [1.82, 2.24) is 15.2 Å². The molecule has 5 rings (SSSR count). The lowest BCUT2D eigenvalue weighted by atomic mass is 9.98. The van der Waals surface area contributed by atoms with Gasteiger partial charge in [-0.2, -0.15) is 0 Å². The fourth-order valence-corrected chi connectivity index (χ4v) is 4.70. The highest BCUT2D eigenvalue weighted by Crippen LogP contribution is 2.27. The van der Waals surface area contributed by atoms with Crippen LogP contribution in [-0.2, 0) is 6.42 Å². The Morgan fingerprint density at radius 1 is 0.909 bits per heavy atom. The van der Waals surface area contributed by atoms with Crippen LogP contribution in [0.4, 0.5) is 5.13 Å². The molecule has 0 aliphatic heterocycles. The Labute approximate surface area is 196 Å². The van der Waals surface area contributed by atoms with Gasteiger partial charge in [-0.15, -0.1) is 10.2 Å². The van der Waals surface area contributed by atoms with E-state index in [1.54, 1.807) is 0 Å². The second-order valence-corrected chi connectivity index (χ2v) is 8.97. The van der Waals surface area contributed by atoms with Crippen LogP contribution in [0.5, 0.6) is 0 Å². The van der Waals surface area contributed by atoms with Crippen molar-refractivity contribution in [3.05, 3.63) is 107 Å². The maximum atomic E-state index is 13.3. The molecule has 0 radical (unpaired) electrons. The minimum Gasteiger partial charge on any atom is -0.296 e. The molecule has 0 aliphatic carbocycles. The van der Waals surface area contributed by atoms with Crippen molar-refractivity contribution in [1.29, 1.82) is 0 Å². The van der Waals surface area contributed by atoms with Crippen LogP contribution in [0.1, 0.15) is 33.8 Å². The number of nitrogens with zero attached hydrogens (tertiary/aromatic N) is 3. The summed E-state index contributed by atoms with van der Waals surface area (Å²) in [5, 5.41) is 13.6. The van der Waals surface area contributed by atoms with Crippen LogP contribution in [-0.4, -0.2) is 21.1 Å². The number of para-hydroxylation sites is 1. The summed E-state index contributed by atoms with van der Waals surface area (Å²) < 4.78 is 0. The van der Waals surface area contributed by atoms with E-state index in [2.05, 4.69) is 34.6 Å². The third-order valence-corrected chi connectivity index (χ3v) is 6.43. The summed E-state index contributed by atoms with van der Waals surface area (Å²) in [4.78, 5) is 18.0. The Kier molecular flexibility index (Phi) is 5.91. The molecule has 0 fully saturated rings. The van der Waals surface area contributed by atoms with Crippen LogP contribution in [0.25, 0.3) is 22.2 Å². The Morgan fingerprint density at radius 2 is 1.61 bits per heavy atom. The van der Waals surface area contributed by atoms with Gasteiger partial charge in [0.1, 0.15) is 5.01 Å². The van der Waals surface area contributed by atoms with Crippen LogP contribution >= 0.6 is 11.3 Å². The van der Waals surface area contributed by atoms with Crippen molar-refractivity contribution in [2.45, 2.75) is 19.3 Å². The number of benzene rings is 3. The fourth-order valence-electron chi connectivity index (χ4n) is 3.83. The minimum atomic E-state index is -0.218. The molecule has 2 aromatic heterocycles. The predicted molar refractivity (Wildman–Crippen MR) is 134 cm³/mol. The molecule has 0 saturated carbocycles. The number of amides is 1. The third-order valence-electron chi connectivity index (χ3n) is 5.57. The van der Waals surface area contributed by atoms with Crippen molar-refractivity contribution in [3.8, 4) is 11.3 Å². The highest BCUT2D eigenvalue weighted by atomic mass is 32.1. The van der Waals surface area contributed by atoms with Crippen LogP contribution in [0.3, 0.4) is 0 Å². The summed E-state index contributed by atoms with van der Waals surface area (Å²) >= 11 is 1.42. The zero-order valence-electron chi connectivity index (χ0n) is 18.1. The lowest BCUT2D eigenvalue weighted by Crippen LogP contribution is -2.13. The van der Waals surface area contributed by atoms with Crippen LogP contribution in [0.15, 0.2) is 91.0 Å². The number of anilines is 1. The first kappa shape index (κ1) is 21.0. The molecule has 5 aromatic rings. The van der Waals surface area contributed by atoms with Gasteiger partial charge in [-0.05, 0) is 23.6 Å². The van der Waals surface area contributed by atoms with E-state index in [0.29, 0.717) is 16.6 Å². The Hall–Kier alpha value is -3.90. The Morgan fingerprint density at radius 3 is 2.39 bits per heavy atom. The number of carbonyl (C=O) groups is 1. The summed E-state index contributed by atoms with van der Waals surface area (Å²) in [7, 11) is 0. The summed E-state index contributed by atoms with van der Waals surface area (Å²) in [5.74, 6) is 0.102. The van der Waals surface area contributed by atoms with Gasteiger partial charge in [0, 0.05) is 17.4 Å². The number of hydrogen-bond donors (Lipinski definition) is 1. The van der Waals surface area contributed by atoms with Gasteiger partial charge in [0.05, 0.1) is 16.8 Å². The zero-order valence-corrected chi connectivity index (χ0v) is 18.9. The largest absolute Gasteiger partial charge is 0.296 e. The average Bonchev–Trinajstić information content (AvgIpc) is 3.30. The molecule has 1 atom stereocenters. The van der Waals surface area contributed by atoms with Crippen molar-refractivity contribution in [2.75, 3.05) is 5.32 Å². The predicted octanol–water partition coefficient (Wildman–Crippen LogP) is 6.35. The number of aromatic nitrogens is 3. The summed E-state index contributed by atoms with van der Waals surface area (Å²) in [5.41, 5.74) is 4.32. The van der Waals surface area contributed by atoms with E-state index in [0.717, 1.165) is 33.6 Å². The molecular formula is C27H22N4OS. The van der Waals surface area contributed by atoms with Crippen molar-refractivity contribution >= 4 is 33.3 Å². The molecule has 0 bridgehead atoms. The van der Waals surface area contributed by atoms with Crippen LogP contribution < -0.4 is 5.32 Å². The molecule has 33 heavy (non-hydrogen) atoms. The maximum absolute atomic E-state index is 13.3. The number of pyridine rings is 1. The molecule has 0 saturated heterocycles. The van der Waals surface area contributed by atoms with Gasteiger partial charge < -0.3 is 0 Å². The molecular weight excluding hydrogens is 428 g/mol. The number of hydrogen-bond acceptors (Lipinski definition) is 5. The molecule has 0 aliphatic rings. The van der Waals surface area contributed by atoms with Gasteiger partial charge in [-0.1, -0.05) is 97.1 Å². The lowest BCUT2D eigenvalue weighted by Gasteiger charge is -2.09. The first-order valence-corrected chi connectivity index (χ1v) is 11.6. The Bertz CT molecular complexity index is 1400. The molecule has 3 aromatic carbocycles. The number of nitrogens with one attached hydrogen (secondary N) is 1. The average molecular weight is 451 g/mol. The van der Waals surface area contributed by atoms with E-state index in [4.69, 9.17) is 4.98 Å². The quantitative estimate of drug-likeness (QED) is 0.327. The fraction of sp³-hybridized carbons (Fsp3) is 0.111. The van der Waals surface area contributed by atoms with Crippen molar-refractivity contribution in [2.24, 2.45) is 0 Å². The topological polar surface area (TPSA) is 67.8 Å². The highest BCUT2D eigenvalue weighted by molar-refractivity contribution is 7.15. The van der Waals surface area contributed by atoms with E-state index >= 15 is 0 Å². The van der Waals surface area contributed by atoms with E-state index in [9.17, 15) is 4.79 Å². The van der Waals surface area contributed by atoms with Crippen molar-refractivity contribution in [3.63, 3.8) is 0 Å². The second-order valence-electron chi connectivity index (χ2n) is 7.91. The normalized spacial score (nSPS) is 11.9. The zero-order chi connectivity index (χ0) is 22.6. The van der Waals surface area contributed by atoms with Gasteiger partial charge in [0.15, 0.2) is 0 Å². The van der Waals surface area contributed by atoms with Crippen LogP contribution in [0, 0.1) is 0 Å². The third kappa shape index (κ3) is 4.66. The summed E-state index contributed by atoms with van der Waals surface area (Å²) in [6.45, 7) is 2.17. The molecule has 1 unspecified atom stereocenters. The van der Waals surface area contributed by atoms with Gasteiger partial charge in [-0.3, -0.25) is 10.1 Å². The van der Waals surface area contributed by atoms with Gasteiger partial charge in [0.25, 0.3) is 5.91 Å². The monoisotopic (exact) mass is 450 g/mol. The van der Waals surface area contributed by atoms with Crippen molar-refractivity contribution < 1.29 is 4.79 Å². The number of fused-ring (bicyclic) bond motifs is 1. The summed E-state index contributed by atoms with van der Waals surface area (Å²) in [6.07, 6.45) is 0.772. The summed E-state index contributed by atoms with van der Waals surface area (Å²) in [6, 6.07) is 29.7. The molecule has 2 heterocycles.